The van der Waals surface area contributed by atoms with Gasteiger partial charge < -0.3 is 14.8 Å². The highest BCUT2D eigenvalue weighted by molar-refractivity contribution is 8.00. The third-order valence-electron chi connectivity index (χ3n) is 2.63. The molecule has 2 heterocycles. The Balaban J connectivity index is 1.39. The van der Waals surface area contributed by atoms with Crippen molar-refractivity contribution < 1.29 is 9.47 Å². The second kappa shape index (κ2) is 5.95. The normalized spacial score (nSPS) is 27.9. The van der Waals surface area contributed by atoms with Gasteiger partial charge in [-0.3, -0.25) is 0 Å². The summed E-state index contributed by atoms with van der Waals surface area (Å²) >= 11 is 2.02. The average Bonchev–Trinajstić information content (AvgIpc) is 2.60. The maximum Gasteiger partial charge on any atom is 0.0830 e. The third-order valence-corrected chi connectivity index (χ3v) is 3.91. The second-order valence-electron chi connectivity index (χ2n) is 3.90. The van der Waals surface area contributed by atoms with E-state index in [-0.39, 0.29) is 0 Å². The smallest absolute Gasteiger partial charge is 0.0830 e. The maximum atomic E-state index is 5.67. The fourth-order valence-corrected chi connectivity index (χ4v) is 2.33. The Hall–Kier alpha value is 0.230. The van der Waals surface area contributed by atoms with Gasteiger partial charge in [0.2, 0.25) is 0 Å². The molecular formula is C10H19NO2S. The summed E-state index contributed by atoms with van der Waals surface area (Å²) in [5.41, 5.74) is 0. The molecule has 2 aliphatic rings. The molecule has 1 unspecified atom stereocenters. The lowest BCUT2D eigenvalue weighted by Gasteiger charge is -2.26. The summed E-state index contributed by atoms with van der Waals surface area (Å²) in [5, 5.41) is 3.51. The lowest BCUT2D eigenvalue weighted by Crippen LogP contribution is -2.40. The third kappa shape index (κ3) is 3.42. The molecule has 1 N–H and O–H groups in total. The van der Waals surface area contributed by atoms with Crippen molar-refractivity contribution in [2.45, 2.75) is 25.0 Å². The Bertz CT molecular complexity index is 158. The molecule has 2 saturated heterocycles. The van der Waals surface area contributed by atoms with E-state index in [1.807, 2.05) is 11.8 Å². The van der Waals surface area contributed by atoms with Crippen molar-refractivity contribution in [3.05, 3.63) is 0 Å². The van der Waals surface area contributed by atoms with Crippen LogP contribution in [-0.2, 0) is 9.47 Å². The predicted molar refractivity (Wildman–Crippen MR) is 58.9 cm³/mol. The number of nitrogens with one attached hydrogen (secondary N) is 1. The van der Waals surface area contributed by atoms with Crippen molar-refractivity contribution in [2.24, 2.45) is 0 Å². The standard InChI is InChI=1S/C10H19NO2S/c1(3-11-9-7-14-8-9)4-13-10-2-5-12-6-10/h9-11H,1-8H2. The van der Waals surface area contributed by atoms with Gasteiger partial charge in [0.1, 0.15) is 0 Å². The molecule has 0 spiro atoms. The van der Waals surface area contributed by atoms with Gasteiger partial charge >= 0.3 is 0 Å². The quantitative estimate of drug-likeness (QED) is 0.669. The number of thioether (sulfide) groups is 1. The minimum Gasteiger partial charge on any atom is -0.379 e. The van der Waals surface area contributed by atoms with E-state index in [4.69, 9.17) is 9.47 Å². The van der Waals surface area contributed by atoms with Crippen LogP contribution >= 0.6 is 11.8 Å². The van der Waals surface area contributed by atoms with E-state index in [0.29, 0.717) is 6.10 Å². The van der Waals surface area contributed by atoms with E-state index >= 15 is 0 Å². The number of hydrogen-bond acceptors (Lipinski definition) is 4. The Morgan fingerprint density at radius 2 is 2.36 bits per heavy atom. The molecule has 82 valence electrons. The van der Waals surface area contributed by atoms with Crippen molar-refractivity contribution in [2.75, 3.05) is 37.9 Å². The highest BCUT2D eigenvalue weighted by Crippen LogP contribution is 2.16. The highest BCUT2D eigenvalue weighted by Gasteiger charge is 2.17. The Labute approximate surface area is 89.9 Å². The first-order valence-electron chi connectivity index (χ1n) is 5.45. The lowest BCUT2D eigenvalue weighted by molar-refractivity contribution is 0.0414. The van der Waals surface area contributed by atoms with Crippen molar-refractivity contribution >= 4 is 11.8 Å². The topological polar surface area (TPSA) is 30.5 Å². The molecule has 2 rings (SSSR count). The van der Waals surface area contributed by atoms with Crippen molar-refractivity contribution in [1.82, 2.24) is 5.32 Å². The molecule has 1 atom stereocenters. The molecule has 0 aromatic carbocycles. The fourth-order valence-electron chi connectivity index (χ4n) is 1.63. The lowest BCUT2D eigenvalue weighted by atomic mass is 10.3. The fraction of sp³-hybridized carbons (Fsp3) is 1.00. The van der Waals surface area contributed by atoms with Crippen LogP contribution in [0.4, 0.5) is 0 Å². The van der Waals surface area contributed by atoms with Gasteiger partial charge in [-0.2, -0.15) is 11.8 Å². The largest absolute Gasteiger partial charge is 0.379 e. The molecule has 0 saturated carbocycles. The van der Waals surface area contributed by atoms with Gasteiger partial charge in [-0.1, -0.05) is 0 Å². The molecule has 0 aromatic heterocycles. The first-order valence-corrected chi connectivity index (χ1v) is 6.61. The first-order chi connectivity index (χ1) is 6.95. The van der Waals surface area contributed by atoms with E-state index in [0.717, 1.165) is 45.2 Å². The highest BCUT2D eigenvalue weighted by atomic mass is 32.2. The van der Waals surface area contributed by atoms with Gasteiger partial charge in [-0.25, -0.2) is 0 Å². The van der Waals surface area contributed by atoms with Crippen molar-refractivity contribution in [1.29, 1.82) is 0 Å². The Morgan fingerprint density at radius 1 is 1.43 bits per heavy atom. The van der Waals surface area contributed by atoms with E-state index in [9.17, 15) is 0 Å². The second-order valence-corrected chi connectivity index (χ2v) is 4.97. The maximum absolute atomic E-state index is 5.67. The zero-order chi connectivity index (χ0) is 9.64. The Morgan fingerprint density at radius 3 is 3.00 bits per heavy atom. The molecule has 2 aliphatic heterocycles. The van der Waals surface area contributed by atoms with Gasteiger partial charge in [-0.05, 0) is 19.4 Å². The van der Waals surface area contributed by atoms with Crippen LogP contribution in [0.1, 0.15) is 12.8 Å². The van der Waals surface area contributed by atoms with Crippen LogP contribution in [0.5, 0.6) is 0 Å². The van der Waals surface area contributed by atoms with Crippen LogP contribution in [0.2, 0.25) is 0 Å². The van der Waals surface area contributed by atoms with Crippen LogP contribution in [0.25, 0.3) is 0 Å². The van der Waals surface area contributed by atoms with Crippen molar-refractivity contribution in [3.63, 3.8) is 0 Å². The predicted octanol–water partition coefficient (Wildman–Crippen LogP) is 0.887. The molecule has 14 heavy (non-hydrogen) atoms. The van der Waals surface area contributed by atoms with E-state index < -0.39 is 0 Å². The van der Waals surface area contributed by atoms with Crippen LogP contribution < -0.4 is 5.32 Å². The molecule has 0 aliphatic carbocycles. The molecular weight excluding hydrogens is 198 g/mol. The molecule has 0 aromatic rings. The van der Waals surface area contributed by atoms with Crippen LogP contribution in [0, 0.1) is 0 Å². The zero-order valence-corrected chi connectivity index (χ0v) is 9.35. The minimum absolute atomic E-state index is 0.370. The molecule has 3 nitrogen and oxygen atoms in total. The average molecular weight is 217 g/mol. The van der Waals surface area contributed by atoms with Crippen LogP contribution in [0.15, 0.2) is 0 Å². The van der Waals surface area contributed by atoms with Gasteiger partial charge in [0.15, 0.2) is 0 Å². The van der Waals surface area contributed by atoms with Gasteiger partial charge in [-0.15, -0.1) is 0 Å². The van der Waals surface area contributed by atoms with Crippen molar-refractivity contribution in [3.8, 4) is 0 Å². The molecule has 4 heteroatoms. The summed E-state index contributed by atoms with van der Waals surface area (Å²) in [5.74, 6) is 2.58. The summed E-state index contributed by atoms with van der Waals surface area (Å²) < 4.78 is 10.9. The summed E-state index contributed by atoms with van der Waals surface area (Å²) in [6.45, 7) is 3.65. The Kier molecular flexibility index (Phi) is 4.57. The zero-order valence-electron chi connectivity index (χ0n) is 8.54. The van der Waals surface area contributed by atoms with Gasteiger partial charge in [0.05, 0.1) is 12.7 Å². The SMILES string of the molecule is C(CNC1CSC1)COC1CCOC1. The molecule has 0 bridgehead atoms. The number of hydrogen-bond donors (Lipinski definition) is 1. The summed E-state index contributed by atoms with van der Waals surface area (Å²) in [6.07, 6.45) is 2.57. The molecule has 2 fully saturated rings. The molecule has 0 radical (unpaired) electrons. The van der Waals surface area contributed by atoms with E-state index in [2.05, 4.69) is 5.32 Å². The minimum atomic E-state index is 0.370. The van der Waals surface area contributed by atoms with Gasteiger partial charge in [0, 0.05) is 30.8 Å². The van der Waals surface area contributed by atoms with Crippen LogP contribution in [0.3, 0.4) is 0 Å². The summed E-state index contributed by atoms with van der Waals surface area (Å²) in [7, 11) is 0. The van der Waals surface area contributed by atoms with Crippen LogP contribution in [-0.4, -0.2) is 50.0 Å². The van der Waals surface area contributed by atoms with E-state index in [1.54, 1.807) is 0 Å². The first kappa shape index (κ1) is 10.7. The number of ether oxygens (including phenoxy) is 2. The van der Waals surface area contributed by atoms with E-state index in [1.165, 1.54) is 11.5 Å². The molecule has 0 amide bonds. The summed E-state index contributed by atoms with van der Waals surface area (Å²) in [6, 6.07) is 0.773. The van der Waals surface area contributed by atoms with Gasteiger partial charge in [0.25, 0.3) is 0 Å². The monoisotopic (exact) mass is 217 g/mol. The summed E-state index contributed by atoms with van der Waals surface area (Å²) in [4.78, 5) is 0. The number of rotatable bonds is 6.